The summed E-state index contributed by atoms with van der Waals surface area (Å²) in [5.74, 6) is 0.898. The van der Waals surface area contributed by atoms with Crippen molar-refractivity contribution in [1.82, 2.24) is 15.0 Å². The van der Waals surface area contributed by atoms with E-state index in [1.54, 1.807) is 17.9 Å². The van der Waals surface area contributed by atoms with Gasteiger partial charge in [0.25, 0.3) is 0 Å². The van der Waals surface area contributed by atoms with Crippen molar-refractivity contribution in [2.75, 3.05) is 6.61 Å². The quantitative estimate of drug-likeness (QED) is 0.869. The molecule has 1 aliphatic heterocycles. The van der Waals surface area contributed by atoms with Crippen LogP contribution >= 0.6 is 0 Å². The second kappa shape index (κ2) is 4.42. The third kappa shape index (κ3) is 1.76. The Morgan fingerprint density at radius 1 is 1.44 bits per heavy atom. The van der Waals surface area contributed by atoms with E-state index in [0.29, 0.717) is 6.61 Å². The number of hydrogen-bond donors (Lipinski definition) is 1. The fraction of sp³-hybridized carbons (Fsp3) is 0.385. The largest absolute Gasteiger partial charge is 0.493 e. The van der Waals surface area contributed by atoms with Gasteiger partial charge in [-0.3, -0.25) is 0 Å². The third-order valence-electron chi connectivity index (χ3n) is 3.44. The van der Waals surface area contributed by atoms with Crippen molar-refractivity contribution in [3.63, 3.8) is 0 Å². The first-order chi connectivity index (χ1) is 8.77. The zero-order valence-corrected chi connectivity index (χ0v) is 10.2. The van der Waals surface area contributed by atoms with E-state index in [2.05, 4.69) is 10.3 Å². The molecule has 0 saturated carbocycles. The van der Waals surface area contributed by atoms with E-state index in [9.17, 15) is 5.11 Å². The number of ether oxygens (including phenoxy) is 1. The highest BCUT2D eigenvalue weighted by Crippen LogP contribution is 2.40. The molecule has 18 heavy (non-hydrogen) atoms. The van der Waals surface area contributed by atoms with Crippen LogP contribution in [-0.2, 0) is 7.05 Å². The van der Waals surface area contributed by atoms with Gasteiger partial charge in [0.2, 0.25) is 0 Å². The Morgan fingerprint density at radius 3 is 3.06 bits per heavy atom. The fourth-order valence-corrected chi connectivity index (χ4v) is 2.47. The normalized spacial score (nSPS) is 20.0. The molecule has 0 amide bonds. The molecule has 2 heterocycles. The number of hydrogen-bond acceptors (Lipinski definition) is 4. The van der Waals surface area contributed by atoms with E-state index >= 15 is 0 Å². The average molecular weight is 245 g/mol. The van der Waals surface area contributed by atoms with Crippen LogP contribution in [0, 0.1) is 0 Å². The van der Waals surface area contributed by atoms with Gasteiger partial charge in [0, 0.05) is 18.5 Å². The lowest BCUT2D eigenvalue weighted by Crippen LogP contribution is -2.21. The molecule has 0 saturated heterocycles. The van der Waals surface area contributed by atoms with Crippen LogP contribution in [0.1, 0.15) is 29.7 Å². The number of aryl methyl sites for hydroxylation is 1. The van der Waals surface area contributed by atoms with Gasteiger partial charge in [-0.15, -0.1) is 5.10 Å². The van der Waals surface area contributed by atoms with Crippen LogP contribution in [0.5, 0.6) is 5.75 Å². The van der Waals surface area contributed by atoms with Gasteiger partial charge >= 0.3 is 0 Å². The summed E-state index contributed by atoms with van der Waals surface area (Å²) in [6, 6.07) is 7.86. The SMILES string of the molecule is Cn1nncc1C(O)C1CCOc2ccccc21. The van der Waals surface area contributed by atoms with E-state index < -0.39 is 6.10 Å². The highest BCUT2D eigenvalue weighted by Gasteiger charge is 2.30. The molecule has 1 N–H and O–H groups in total. The first-order valence-corrected chi connectivity index (χ1v) is 6.01. The maximum atomic E-state index is 10.5. The molecule has 0 fully saturated rings. The van der Waals surface area contributed by atoms with Crippen LogP contribution in [-0.4, -0.2) is 26.7 Å². The molecule has 5 nitrogen and oxygen atoms in total. The van der Waals surface area contributed by atoms with Crippen LogP contribution in [0.15, 0.2) is 30.5 Å². The smallest absolute Gasteiger partial charge is 0.122 e. The zero-order valence-electron chi connectivity index (χ0n) is 10.2. The van der Waals surface area contributed by atoms with Crippen molar-refractivity contribution >= 4 is 0 Å². The van der Waals surface area contributed by atoms with Crippen molar-refractivity contribution in [1.29, 1.82) is 0 Å². The summed E-state index contributed by atoms with van der Waals surface area (Å²) in [4.78, 5) is 0. The Morgan fingerprint density at radius 2 is 2.28 bits per heavy atom. The van der Waals surface area contributed by atoms with Crippen molar-refractivity contribution in [3.05, 3.63) is 41.7 Å². The number of aliphatic hydroxyl groups excluding tert-OH is 1. The lowest BCUT2D eigenvalue weighted by molar-refractivity contribution is 0.110. The predicted octanol–water partition coefficient (Wildman–Crippen LogP) is 1.41. The molecule has 3 rings (SSSR count). The van der Waals surface area contributed by atoms with Gasteiger partial charge in [-0.05, 0) is 12.5 Å². The van der Waals surface area contributed by atoms with Crippen LogP contribution in [0.3, 0.4) is 0 Å². The first-order valence-electron chi connectivity index (χ1n) is 6.01. The molecular formula is C13H15N3O2. The van der Waals surface area contributed by atoms with Crippen LogP contribution in [0.2, 0.25) is 0 Å². The number of benzene rings is 1. The maximum absolute atomic E-state index is 10.5. The fourth-order valence-electron chi connectivity index (χ4n) is 2.47. The van der Waals surface area contributed by atoms with Crippen molar-refractivity contribution < 1.29 is 9.84 Å². The number of nitrogens with zero attached hydrogens (tertiary/aromatic N) is 3. The highest BCUT2D eigenvalue weighted by atomic mass is 16.5. The Bertz CT molecular complexity index is 553. The summed E-state index contributed by atoms with van der Waals surface area (Å²) in [7, 11) is 1.79. The minimum absolute atomic E-state index is 0.0344. The maximum Gasteiger partial charge on any atom is 0.122 e. The minimum Gasteiger partial charge on any atom is -0.493 e. The molecule has 94 valence electrons. The predicted molar refractivity (Wildman–Crippen MR) is 65.3 cm³/mol. The first kappa shape index (κ1) is 11.2. The van der Waals surface area contributed by atoms with E-state index in [0.717, 1.165) is 23.4 Å². The molecule has 0 aliphatic carbocycles. The monoisotopic (exact) mass is 245 g/mol. The molecule has 1 aromatic heterocycles. The average Bonchev–Trinajstić information content (AvgIpc) is 2.83. The number of para-hydroxylation sites is 1. The van der Waals surface area contributed by atoms with Gasteiger partial charge in [-0.25, -0.2) is 4.68 Å². The Hall–Kier alpha value is -1.88. The molecule has 1 aromatic carbocycles. The Balaban J connectivity index is 1.97. The Kier molecular flexibility index (Phi) is 2.76. The standard InChI is InChI=1S/C13H15N3O2/c1-16-11(8-14-15-16)13(17)10-6-7-18-12-5-3-2-4-9(10)12/h2-5,8,10,13,17H,6-7H2,1H3. The third-order valence-corrected chi connectivity index (χ3v) is 3.44. The van der Waals surface area contributed by atoms with Gasteiger partial charge in [0.05, 0.1) is 18.5 Å². The zero-order chi connectivity index (χ0) is 12.5. The lowest BCUT2D eigenvalue weighted by Gasteiger charge is -2.29. The van der Waals surface area contributed by atoms with E-state index in [1.165, 1.54) is 0 Å². The van der Waals surface area contributed by atoms with Crippen LogP contribution in [0.25, 0.3) is 0 Å². The minimum atomic E-state index is -0.602. The van der Waals surface area contributed by atoms with Crippen LogP contribution < -0.4 is 4.74 Å². The summed E-state index contributed by atoms with van der Waals surface area (Å²) < 4.78 is 7.22. The molecule has 2 unspecified atom stereocenters. The topological polar surface area (TPSA) is 60.2 Å². The van der Waals surface area contributed by atoms with E-state index in [-0.39, 0.29) is 5.92 Å². The summed E-state index contributed by atoms with van der Waals surface area (Å²) in [5, 5.41) is 18.2. The second-order valence-electron chi connectivity index (χ2n) is 4.51. The molecule has 2 aromatic rings. The van der Waals surface area contributed by atoms with Gasteiger partial charge in [-0.1, -0.05) is 23.4 Å². The van der Waals surface area contributed by atoms with Crippen molar-refractivity contribution in [2.24, 2.45) is 7.05 Å². The number of fused-ring (bicyclic) bond motifs is 1. The molecule has 0 bridgehead atoms. The molecule has 5 heteroatoms. The summed E-state index contributed by atoms with van der Waals surface area (Å²) >= 11 is 0. The van der Waals surface area contributed by atoms with Gasteiger partial charge in [0.1, 0.15) is 11.9 Å². The van der Waals surface area contributed by atoms with Gasteiger partial charge in [-0.2, -0.15) is 0 Å². The number of rotatable bonds is 2. The molecule has 0 spiro atoms. The number of aromatic nitrogens is 3. The molecule has 1 aliphatic rings. The van der Waals surface area contributed by atoms with Crippen LogP contribution in [0.4, 0.5) is 0 Å². The second-order valence-corrected chi connectivity index (χ2v) is 4.51. The van der Waals surface area contributed by atoms with Crippen molar-refractivity contribution in [2.45, 2.75) is 18.4 Å². The van der Waals surface area contributed by atoms with Crippen molar-refractivity contribution in [3.8, 4) is 5.75 Å². The summed E-state index contributed by atoms with van der Waals surface area (Å²) in [5.41, 5.74) is 1.79. The van der Waals surface area contributed by atoms with E-state index in [1.807, 2.05) is 24.3 Å². The molecular weight excluding hydrogens is 230 g/mol. The lowest BCUT2D eigenvalue weighted by atomic mass is 9.87. The Labute approximate surface area is 105 Å². The molecule has 2 atom stereocenters. The summed E-state index contributed by atoms with van der Waals surface area (Å²) in [6.45, 7) is 0.629. The number of aliphatic hydroxyl groups is 1. The highest BCUT2D eigenvalue weighted by molar-refractivity contribution is 5.39. The summed E-state index contributed by atoms with van der Waals surface area (Å²) in [6.07, 6.45) is 1.81. The van der Waals surface area contributed by atoms with E-state index in [4.69, 9.17) is 4.74 Å². The van der Waals surface area contributed by atoms with Gasteiger partial charge < -0.3 is 9.84 Å². The van der Waals surface area contributed by atoms with Gasteiger partial charge in [0.15, 0.2) is 0 Å². The molecule has 0 radical (unpaired) electrons.